The maximum Gasteiger partial charge on any atom is 0.162 e. The number of fused-ring (bicyclic) bond motifs is 1. The van der Waals surface area contributed by atoms with Gasteiger partial charge in [-0.05, 0) is 43.1 Å². The summed E-state index contributed by atoms with van der Waals surface area (Å²) in [6.45, 7) is 1.57. The first kappa shape index (κ1) is 11.4. The highest BCUT2D eigenvalue weighted by atomic mass is 35.5. The van der Waals surface area contributed by atoms with Crippen LogP contribution in [0, 0.1) is 11.6 Å². The Kier molecular flexibility index (Phi) is 3.84. The molecule has 1 aliphatic rings. The van der Waals surface area contributed by atoms with Gasteiger partial charge >= 0.3 is 0 Å². The summed E-state index contributed by atoms with van der Waals surface area (Å²) in [5, 5.41) is 3.15. The molecular weight excluding hydrogens is 208 g/mol. The lowest BCUT2D eigenvalue weighted by Crippen LogP contribution is -2.16. The zero-order chi connectivity index (χ0) is 9.26. The average Bonchev–Trinajstić information content (AvgIpc) is 2.36. The van der Waals surface area contributed by atoms with Crippen LogP contribution in [0.1, 0.15) is 11.1 Å². The predicted octanol–water partition coefficient (Wildman–Crippen LogP) is 2.07. The van der Waals surface area contributed by atoms with Crippen molar-refractivity contribution in [2.75, 3.05) is 13.1 Å². The molecule has 0 unspecified atom stereocenters. The van der Waals surface area contributed by atoms with E-state index >= 15 is 0 Å². The molecule has 0 aromatic heterocycles. The largest absolute Gasteiger partial charge is 0.316 e. The van der Waals surface area contributed by atoms with E-state index in [1.54, 1.807) is 6.07 Å². The lowest BCUT2D eigenvalue weighted by atomic mass is 10.0. The van der Waals surface area contributed by atoms with Gasteiger partial charge in [0, 0.05) is 0 Å². The first-order chi connectivity index (χ1) is 6.29. The minimum absolute atomic E-state index is 0. The van der Waals surface area contributed by atoms with Crippen LogP contribution < -0.4 is 5.32 Å². The van der Waals surface area contributed by atoms with Crippen molar-refractivity contribution in [1.82, 2.24) is 5.32 Å². The number of benzene rings is 1. The van der Waals surface area contributed by atoms with Gasteiger partial charge in [0.1, 0.15) is 0 Å². The summed E-state index contributed by atoms with van der Waals surface area (Å²) in [5.74, 6) is -1.40. The molecule has 0 amide bonds. The molecule has 0 bridgehead atoms. The molecule has 14 heavy (non-hydrogen) atoms. The molecule has 0 aliphatic carbocycles. The van der Waals surface area contributed by atoms with E-state index in [2.05, 4.69) is 5.32 Å². The fraction of sp³-hybridized carbons (Fsp3) is 0.400. The average molecular weight is 220 g/mol. The highest BCUT2D eigenvalue weighted by Crippen LogP contribution is 2.19. The van der Waals surface area contributed by atoms with Crippen molar-refractivity contribution in [2.45, 2.75) is 12.8 Å². The molecule has 1 nitrogen and oxygen atoms in total. The maximum absolute atomic E-state index is 13.3. The van der Waals surface area contributed by atoms with E-state index in [1.165, 1.54) is 6.07 Å². The zero-order valence-corrected chi connectivity index (χ0v) is 8.46. The van der Waals surface area contributed by atoms with Gasteiger partial charge in [0.25, 0.3) is 0 Å². The Hall–Kier alpha value is -0.670. The van der Waals surface area contributed by atoms with Crippen molar-refractivity contribution in [3.8, 4) is 0 Å². The van der Waals surface area contributed by atoms with E-state index in [-0.39, 0.29) is 12.4 Å². The Morgan fingerprint density at radius 3 is 2.57 bits per heavy atom. The molecule has 1 heterocycles. The van der Waals surface area contributed by atoms with E-state index in [0.29, 0.717) is 12.0 Å². The molecule has 1 N–H and O–H groups in total. The van der Waals surface area contributed by atoms with Gasteiger partial charge in [-0.2, -0.15) is 0 Å². The Balaban J connectivity index is 0.000000980. The van der Waals surface area contributed by atoms with Crippen LogP contribution >= 0.6 is 12.4 Å². The monoisotopic (exact) mass is 219 g/mol. The van der Waals surface area contributed by atoms with Crippen molar-refractivity contribution in [1.29, 1.82) is 0 Å². The van der Waals surface area contributed by atoms with Gasteiger partial charge in [0.2, 0.25) is 0 Å². The summed E-state index contributed by atoms with van der Waals surface area (Å²) < 4.78 is 26.1. The van der Waals surface area contributed by atoms with Crippen molar-refractivity contribution >= 4 is 12.4 Å². The molecule has 4 heteroatoms. The highest BCUT2D eigenvalue weighted by molar-refractivity contribution is 5.85. The fourth-order valence-electron chi connectivity index (χ4n) is 1.70. The molecule has 0 fully saturated rings. The van der Waals surface area contributed by atoms with Crippen LogP contribution in [0.2, 0.25) is 0 Å². The third-order valence-electron chi connectivity index (χ3n) is 2.42. The quantitative estimate of drug-likeness (QED) is 0.705. The molecule has 1 aromatic carbocycles. The fourth-order valence-corrected chi connectivity index (χ4v) is 1.70. The summed E-state index contributed by atoms with van der Waals surface area (Å²) in [4.78, 5) is 0. The molecule has 2 rings (SSSR count). The highest BCUT2D eigenvalue weighted by Gasteiger charge is 2.14. The van der Waals surface area contributed by atoms with E-state index in [0.717, 1.165) is 25.1 Å². The summed E-state index contributed by atoms with van der Waals surface area (Å²) in [6.07, 6.45) is 1.37. The van der Waals surface area contributed by atoms with Gasteiger partial charge in [0.15, 0.2) is 11.6 Å². The first-order valence-electron chi connectivity index (χ1n) is 4.45. The molecule has 0 spiro atoms. The van der Waals surface area contributed by atoms with Crippen molar-refractivity contribution in [3.05, 3.63) is 34.9 Å². The standard InChI is InChI=1S/C10H11F2N.ClH/c11-9-2-1-7-3-5-13-6-4-8(7)10(9)12;/h1-2,13H,3-6H2;1H. The van der Waals surface area contributed by atoms with Gasteiger partial charge in [-0.3, -0.25) is 0 Å². The van der Waals surface area contributed by atoms with Gasteiger partial charge < -0.3 is 5.32 Å². The third kappa shape index (κ3) is 2.04. The van der Waals surface area contributed by atoms with Crippen molar-refractivity contribution in [3.63, 3.8) is 0 Å². The number of halogens is 3. The smallest absolute Gasteiger partial charge is 0.162 e. The maximum atomic E-state index is 13.3. The second-order valence-electron chi connectivity index (χ2n) is 3.25. The second-order valence-corrected chi connectivity index (χ2v) is 3.25. The van der Waals surface area contributed by atoms with Crippen molar-refractivity contribution in [2.24, 2.45) is 0 Å². The number of hydrogen-bond acceptors (Lipinski definition) is 1. The third-order valence-corrected chi connectivity index (χ3v) is 2.42. The van der Waals surface area contributed by atoms with E-state index in [1.807, 2.05) is 0 Å². The number of rotatable bonds is 0. The lowest BCUT2D eigenvalue weighted by molar-refractivity contribution is 0.497. The van der Waals surface area contributed by atoms with Gasteiger partial charge in [-0.25, -0.2) is 8.78 Å². The summed E-state index contributed by atoms with van der Waals surface area (Å²) >= 11 is 0. The van der Waals surface area contributed by atoms with E-state index in [9.17, 15) is 8.78 Å². The molecular formula is C10H12ClF2N. The molecule has 0 saturated heterocycles. The van der Waals surface area contributed by atoms with Gasteiger partial charge in [-0.15, -0.1) is 12.4 Å². The summed E-state index contributed by atoms with van der Waals surface area (Å²) in [5.41, 5.74) is 1.48. The summed E-state index contributed by atoms with van der Waals surface area (Å²) in [6, 6.07) is 2.89. The molecule has 1 aromatic rings. The topological polar surface area (TPSA) is 12.0 Å². The van der Waals surface area contributed by atoms with E-state index < -0.39 is 11.6 Å². The Morgan fingerprint density at radius 1 is 1.07 bits per heavy atom. The van der Waals surface area contributed by atoms with E-state index in [4.69, 9.17) is 0 Å². The molecule has 78 valence electrons. The van der Waals surface area contributed by atoms with Gasteiger partial charge in [0.05, 0.1) is 0 Å². The van der Waals surface area contributed by atoms with Crippen LogP contribution in [0.3, 0.4) is 0 Å². The lowest BCUT2D eigenvalue weighted by Gasteiger charge is -2.06. The van der Waals surface area contributed by atoms with Crippen LogP contribution in [0.4, 0.5) is 8.78 Å². The number of nitrogens with one attached hydrogen (secondary N) is 1. The molecule has 0 saturated carbocycles. The van der Waals surface area contributed by atoms with Crippen LogP contribution in [-0.2, 0) is 12.8 Å². The van der Waals surface area contributed by atoms with Crippen LogP contribution in [0.25, 0.3) is 0 Å². The Bertz CT molecular complexity index is 328. The minimum atomic E-state index is -0.736. The summed E-state index contributed by atoms with van der Waals surface area (Å²) in [7, 11) is 0. The van der Waals surface area contributed by atoms with Gasteiger partial charge in [-0.1, -0.05) is 6.07 Å². The first-order valence-corrected chi connectivity index (χ1v) is 4.45. The van der Waals surface area contributed by atoms with Crippen LogP contribution in [0.5, 0.6) is 0 Å². The molecule has 0 atom stereocenters. The zero-order valence-electron chi connectivity index (χ0n) is 7.65. The van der Waals surface area contributed by atoms with Crippen molar-refractivity contribution < 1.29 is 8.78 Å². The molecule has 0 radical (unpaired) electrons. The minimum Gasteiger partial charge on any atom is -0.316 e. The number of hydrogen-bond donors (Lipinski definition) is 1. The SMILES string of the molecule is Cl.Fc1ccc2c(c1F)CCNCC2. The normalized spacial score (nSPS) is 15.3. The Morgan fingerprint density at radius 2 is 1.79 bits per heavy atom. The van der Waals surface area contributed by atoms with Crippen LogP contribution in [0.15, 0.2) is 12.1 Å². The molecule has 1 aliphatic heterocycles. The predicted molar refractivity (Wildman–Crippen MR) is 53.9 cm³/mol. The Labute approximate surface area is 87.9 Å². The van der Waals surface area contributed by atoms with Crippen LogP contribution in [-0.4, -0.2) is 13.1 Å². The second kappa shape index (κ2) is 4.71.